The van der Waals surface area contributed by atoms with Crippen molar-refractivity contribution in [3.63, 3.8) is 0 Å². The molecule has 1 N–H and O–H groups in total. The van der Waals surface area contributed by atoms with Gasteiger partial charge >= 0.3 is 5.97 Å². The van der Waals surface area contributed by atoms with E-state index in [0.717, 1.165) is 0 Å². The number of azide groups is 1. The Labute approximate surface area is 179 Å². The Morgan fingerprint density at radius 2 is 1.87 bits per heavy atom. The lowest BCUT2D eigenvalue weighted by atomic mass is 9.94. The van der Waals surface area contributed by atoms with Crippen LogP contribution in [-0.2, 0) is 25.5 Å². The first-order valence-electron chi connectivity index (χ1n) is 10.1. The molecule has 10 nitrogen and oxygen atoms in total. The van der Waals surface area contributed by atoms with Gasteiger partial charge in [0.2, 0.25) is 11.6 Å². The number of hydrogen-bond acceptors (Lipinski definition) is 8. The van der Waals surface area contributed by atoms with Crippen LogP contribution >= 0.6 is 0 Å². The number of carbonyl (C=O) groups is 4. The molecule has 0 amide bonds. The van der Waals surface area contributed by atoms with E-state index < -0.39 is 29.4 Å². The van der Waals surface area contributed by atoms with Crippen LogP contribution in [0.15, 0.2) is 17.2 Å². The van der Waals surface area contributed by atoms with Crippen LogP contribution < -0.4 is 4.74 Å². The molecule has 0 bridgehead atoms. The van der Waals surface area contributed by atoms with Gasteiger partial charge in [0.05, 0.1) is 13.2 Å². The molecule has 0 aliphatic carbocycles. The number of carbonyl (C=O) groups excluding carboxylic acids is 4. The molecule has 1 heterocycles. The molecule has 0 aromatic heterocycles. The van der Waals surface area contributed by atoms with Crippen molar-refractivity contribution in [1.29, 1.82) is 0 Å². The molecule has 0 saturated carbocycles. The summed E-state index contributed by atoms with van der Waals surface area (Å²) >= 11 is 0. The molecule has 0 radical (unpaired) electrons. The van der Waals surface area contributed by atoms with Crippen LogP contribution in [0.4, 0.5) is 0 Å². The fraction of sp³-hybridized carbons (Fsp3) is 0.524. The number of hydrogen-bond donors (Lipinski definition) is 1. The summed E-state index contributed by atoms with van der Waals surface area (Å²) in [5.41, 5.74) is 8.67. The largest absolute Gasteiger partial charge is 0.507 e. The number of aromatic hydroxyl groups is 1. The molecule has 0 fully saturated rings. The van der Waals surface area contributed by atoms with Gasteiger partial charge in [-0.25, -0.2) is 4.79 Å². The summed E-state index contributed by atoms with van der Waals surface area (Å²) in [6.07, 6.45) is -0.196. The average Bonchev–Trinajstić information content (AvgIpc) is 2.73. The van der Waals surface area contributed by atoms with E-state index in [4.69, 9.17) is 15.0 Å². The predicted molar refractivity (Wildman–Crippen MR) is 109 cm³/mol. The quantitative estimate of drug-likeness (QED) is 0.192. The van der Waals surface area contributed by atoms with E-state index in [2.05, 4.69) is 10.0 Å². The second-order valence-electron chi connectivity index (χ2n) is 7.43. The van der Waals surface area contributed by atoms with Gasteiger partial charge in [-0.05, 0) is 49.3 Å². The number of cyclic esters (lactones) is 1. The van der Waals surface area contributed by atoms with Crippen molar-refractivity contribution in [1.82, 2.24) is 0 Å². The molecular weight excluding hydrogens is 406 g/mol. The number of fused-ring (bicyclic) bond motifs is 1. The second-order valence-corrected chi connectivity index (χ2v) is 7.43. The summed E-state index contributed by atoms with van der Waals surface area (Å²) in [4.78, 5) is 51.5. The molecule has 10 heteroatoms. The Kier molecular flexibility index (Phi) is 8.57. The Hall–Kier alpha value is -3.39. The number of benzene rings is 1. The minimum Gasteiger partial charge on any atom is -0.507 e. The summed E-state index contributed by atoms with van der Waals surface area (Å²) < 4.78 is 10.9. The highest BCUT2D eigenvalue weighted by Gasteiger charge is 2.27. The zero-order valence-electron chi connectivity index (χ0n) is 17.5. The molecule has 0 saturated heterocycles. The first-order chi connectivity index (χ1) is 14.7. The lowest BCUT2D eigenvalue weighted by Gasteiger charge is -2.22. The summed E-state index contributed by atoms with van der Waals surface area (Å²) in [6, 6.07) is 2.80. The minimum atomic E-state index is -1.01. The summed E-state index contributed by atoms with van der Waals surface area (Å²) in [5.74, 6) is -3.57. The topological polar surface area (TPSA) is 156 Å². The summed E-state index contributed by atoms with van der Waals surface area (Å²) in [7, 11) is 0. The smallest absolute Gasteiger partial charge is 0.342 e. The first-order valence-corrected chi connectivity index (χ1v) is 10.1. The summed E-state index contributed by atoms with van der Waals surface area (Å²) in [5, 5.41) is 13.8. The number of Topliss-reactive ketones (excluding diaryl/α,β-unsaturated/α-hetero) is 3. The maximum atomic E-state index is 12.8. The van der Waals surface area contributed by atoms with E-state index in [1.54, 1.807) is 13.8 Å². The third-order valence-electron chi connectivity index (χ3n) is 5.18. The monoisotopic (exact) mass is 431 g/mol. The standard InChI is InChI=1S/C21H25N3O7/c1-12-6-7-17(26)20(28)16(25)5-3-4-14-10-15(30-9-8-23-24-22)11-18(27)19(14)21(29)31-13(12)2/h10-13,27H,3-9H2,1-2H3/t12-,13+/m1/s1. The first kappa shape index (κ1) is 23.9. The maximum absolute atomic E-state index is 12.8. The van der Waals surface area contributed by atoms with E-state index in [0.29, 0.717) is 5.56 Å². The molecule has 31 heavy (non-hydrogen) atoms. The van der Waals surface area contributed by atoms with Crippen molar-refractivity contribution in [2.75, 3.05) is 13.2 Å². The van der Waals surface area contributed by atoms with Crippen LogP contribution in [0.1, 0.15) is 55.5 Å². The van der Waals surface area contributed by atoms with Crippen LogP contribution in [0.3, 0.4) is 0 Å². The van der Waals surface area contributed by atoms with Crippen molar-refractivity contribution in [3.05, 3.63) is 33.7 Å². The fourth-order valence-electron chi connectivity index (χ4n) is 3.18. The van der Waals surface area contributed by atoms with Crippen LogP contribution in [0.25, 0.3) is 10.4 Å². The molecule has 0 unspecified atom stereocenters. The lowest BCUT2D eigenvalue weighted by molar-refractivity contribution is -0.144. The zero-order chi connectivity index (χ0) is 23.0. The van der Waals surface area contributed by atoms with Gasteiger partial charge in [-0.1, -0.05) is 12.0 Å². The Bertz CT molecular complexity index is 922. The number of esters is 1. The van der Waals surface area contributed by atoms with E-state index in [1.165, 1.54) is 12.1 Å². The third kappa shape index (κ3) is 6.55. The van der Waals surface area contributed by atoms with Crippen LogP contribution in [0, 0.1) is 5.92 Å². The number of ether oxygens (including phenoxy) is 2. The highest BCUT2D eigenvalue weighted by atomic mass is 16.5. The Morgan fingerprint density at radius 1 is 1.16 bits per heavy atom. The lowest BCUT2D eigenvalue weighted by Crippen LogP contribution is -2.27. The van der Waals surface area contributed by atoms with Crippen LogP contribution in [-0.4, -0.2) is 47.7 Å². The van der Waals surface area contributed by atoms with Gasteiger partial charge < -0.3 is 14.6 Å². The molecule has 1 aliphatic rings. The number of aryl methyl sites for hydroxylation is 1. The van der Waals surface area contributed by atoms with Gasteiger partial charge in [0.25, 0.3) is 5.78 Å². The number of ketones is 3. The number of nitrogens with zero attached hydrogens (tertiary/aromatic N) is 3. The molecule has 1 aliphatic heterocycles. The van der Waals surface area contributed by atoms with E-state index >= 15 is 0 Å². The minimum absolute atomic E-state index is 0.0339. The molecule has 166 valence electrons. The Balaban J connectivity index is 2.35. The van der Waals surface area contributed by atoms with E-state index in [-0.39, 0.29) is 68.2 Å². The third-order valence-corrected chi connectivity index (χ3v) is 5.18. The second kappa shape index (κ2) is 11.1. The van der Waals surface area contributed by atoms with E-state index in [1.807, 2.05) is 0 Å². The van der Waals surface area contributed by atoms with Gasteiger partial charge in [0.15, 0.2) is 0 Å². The molecule has 2 rings (SSSR count). The molecular formula is C21H25N3O7. The molecule has 1 aromatic rings. The predicted octanol–water partition coefficient (Wildman–Crippen LogP) is 3.09. The van der Waals surface area contributed by atoms with Crippen molar-refractivity contribution in [2.45, 2.75) is 52.1 Å². The highest BCUT2D eigenvalue weighted by molar-refractivity contribution is 6.63. The zero-order valence-corrected chi connectivity index (χ0v) is 17.5. The van der Waals surface area contributed by atoms with Gasteiger partial charge in [-0.3, -0.25) is 14.4 Å². The van der Waals surface area contributed by atoms with Gasteiger partial charge in [0, 0.05) is 23.8 Å². The van der Waals surface area contributed by atoms with Crippen molar-refractivity contribution >= 4 is 23.3 Å². The van der Waals surface area contributed by atoms with Gasteiger partial charge in [0.1, 0.15) is 23.2 Å². The van der Waals surface area contributed by atoms with Crippen LogP contribution in [0.5, 0.6) is 11.5 Å². The van der Waals surface area contributed by atoms with Gasteiger partial charge in [-0.2, -0.15) is 0 Å². The molecule has 0 spiro atoms. The summed E-state index contributed by atoms with van der Waals surface area (Å²) in [6.45, 7) is 3.58. The number of rotatable bonds is 4. The maximum Gasteiger partial charge on any atom is 0.342 e. The highest BCUT2D eigenvalue weighted by Crippen LogP contribution is 2.31. The Morgan fingerprint density at radius 3 is 2.58 bits per heavy atom. The van der Waals surface area contributed by atoms with Crippen molar-refractivity contribution in [2.24, 2.45) is 11.0 Å². The number of phenolic OH excluding ortho intramolecular Hbond substituents is 1. The number of phenols is 1. The molecule has 1 aromatic carbocycles. The SMILES string of the molecule is C[C@@H]1CCC(=O)C(=O)C(=O)CCCc2cc(OCCN=[N+]=[N-])cc(O)c2C(=O)O[C@H]1C. The van der Waals surface area contributed by atoms with Gasteiger partial charge in [-0.15, -0.1) is 0 Å². The normalized spacial score (nSPS) is 20.8. The van der Waals surface area contributed by atoms with Crippen molar-refractivity contribution in [3.8, 4) is 11.5 Å². The fourth-order valence-corrected chi connectivity index (χ4v) is 3.18. The van der Waals surface area contributed by atoms with E-state index in [9.17, 15) is 24.3 Å². The van der Waals surface area contributed by atoms with Crippen molar-refractivity contribution < 1.29 is 33.8 Å². The molecule has 2 atom stereocenters. The van der Waals surface area contributed by atoms with Crippen LogP contribution in [0.2, 0.25) is 0 Å². The average molecular weight is 431 g/mol.